The van der Waals surface area contributed by atoms with E-state index in [1.54, 1.807) is 30.3 Å². The molecule has 0 aliphatic carbocycles. The summed E-state index contributed by atoms with van der Waals surface area (Å²) in [5.41, 5.74) is -0.771. The number of aromatic nitrogens is 2. The third-order valence-corrected chi connectivity index (χ3v) is 4.04. The number of halogens is 3. The summed E-state index contributed by atoms with van der Waals surface area (Å²) in [6.07, 6.45) is -2.59. The van der Waals surface area contributed by atoms with Gasteiger partial charge in [0, 0.05) is 0 Å². The first-order chi connectivity index (χ1) is 13.4. The molecule has 0 saturated carbocycles. The Morgan fingerprint density at radius 2 is 1.46 bits per heavy atom. The van der Waals surface area contributed by atoms with Crippen LogP contribution >= 0.6 is 11.8 Å². The number of hydrogen-bond acceptors (Lipinski definition) is 6. The second kappa shape index (κ2) is 8.39. The molecule has 0 atom stereocenters. The Hall–Kier alpha value is -2.94. The molecule has 9 heteroatoms. The summed E-state index contributed by atoms with van der Waals surface area (Å²) in [6, 6.07) is 12.6. The van der Waals surface area contributed by atoms with E-state index in [0.29, 0.717) is 28.4 Å². The van der Waals surface area contributed by atoms with Gasteiger partial charge in [-0.2, -0.15) is 23.1 Å². The topological polar surface area (TPSA) is 53.5 Å². The zero-order valence-electron chi connectivity index (χ0n) is 14.9. The van der Waals surface area contributed by atoms with E-state index in [-0.39, 0.29) is 5.75 Å². The van der Waals surface area contributed by atoms with Crippen LogP contribution in [0.2, 0.25) is 0 Å². The van der Waals surface area contributed by atoms with Gasteiger partial charge in [-0.3, -0.25) is 0 Å². The zero-order valence-corrected chi connectivity index (χ0v) is 15.7. The minimum atomic E-state index is -4.43. The lowest BCUT2D eigenvalue weighted by Crippen LogP contribution is -2.04. The van der Waals surface area contributed by atoms with Crippen LogP contribution in [0.1, 0.15) is 5.56 Å². The molecule has 1 aromatic heterocycles. The average molecular weight is 408 g/mol. The van der Waals surface area contributed by atoms with Gasteiger partial charge in [-0.15, -0.1) is 0 Å². The molecule has 2 aromatic carbocycles. The lowest BCUT2D eigenvalue weighted by molar-refractivity contribution is -0.137. The number of thioether (sulfide) groups is 1. The molecule has 0 aliphatic rings. The van der Waals surface area contributed by atoms with Crippen LogP contribution in [0.5, 0.6) is 29.0 Å². The number of nitrogens with zero attached hydrogens (tertiary/aromatic N) is 2. The van der Waals surface area contributed by atoms with Crippen LogP contribution in [-0.4, -0.2) is 23.3 Å². The van der Waals surface area contributed by atoms with E-state index < -0.39 is 11.7 Å². The van der Waals surface area contributed by atoms with Crippen LogP contribution in [0.15, 0.2) is 59.8 Å². The normalized spacial score (nSPS) is 11.2. The fraction of sp³-hybridized carbons (Fsp3) is 0.158. The Bertz CT molecular complexity index is 928. The van der Waals surface area contributed by atoms with Crippen molar-refractivity contribution in [3.05, 3.63) is 60.2 Å². The Morgan fingerprint density at radius 1 is 0.821 bits per heavy atom. The van der Waals surface area contributed by atoms with Gasteiger partial charge in [-0.25, -0.2) is 0 Å². The van der Waals surface area contributed by atoms with Crippen molar-refractivity contribution in [3.8, 4) is 29.0 Å². The number of methoxy groups -OCH3 is 1. The van der Waals surface area contributed by atoms with E-state index in [4.69, 9.17) is 14.2 Å². The Balaban J connectivity index is 1.72. The molecule has 3 aromatic rings. The molecule has 1 heterocycles. The number of ether oxygens (including phenoxy) is 3. The highest BCUT2D eigenvalue weighted by atomic mass is 32.2. The third-order valence-electron chi connectivity index (χ3n) is 3.49. The second-order valence-electron chi connectivity index (χ2n) is 5.44. The summed E-state index contributed by atoms with van der Waals surface area (Å²) < 4.78 is 54.6. The van der Waals surface area contributed by atoms with Crippen LogP contribution in [0, 0.1) is 0 Å². The highest BCUT2D eigenvalue weighted by Gasteiger charge is 2.30. The average Bonchev–Trinajstić information content (AvgIpc) is 2.68. The van der Waals surface area contributed by atoms with Crippen molar-refractivity contribution in [3.63, 3.8) is 0 Å². The molecule has 28 heavy (non-hydrogen) atoms. The number of benzene rings is 2. The molecule has 0 amide bonds. The van der Waals surface area contributed by atoms with Crippen molar-refractivity contribution >= 4 is 11.8 Å². The first kappa shape index (κ1) is 19.8. The summed E-state index contributed by atoms with van der Waals surface area (Å²) in [5, 5.41) is 0.499. The first-order valence-corrected chi connectivity index (χ1v) is 9.20. The van der Waals surface area contributed by atoms with Gasteiger partial charge >= 0.3 is 6.18 Å². The van der Waals surface area contributed by atoms with Gasteiger partial charge in [-0.05, 0) is 48.7 Å². The highest BCUT2D eigenvalue weighted by Crippen LogP contribution is 2.33. The van der Waals surface area contributed by atoms with Gasteiger partial charge in [0.15, 0.2) is 5.16 Å². The molecular formula is C19H15F3N2O3S. The van der Waals surface area contributed by atoms with E-state index >= 15 is 0 Å². The van der Waals surface area contributed by atoms with E-state index in [2.05, 4.69) is 9.97 Å². The molecule has 0 bridgehead atoms. The smallest absolute Gasteiger partial charge is 0.416 e. The van der Waals surface area contributed by atoms with E-state index in [1.165, 1.54) is 31.0 Å². The van der Waals surface area contributed by atoms with Crippen molar-refractivity contribution in [1.29, 1.82) is 0 Å². The van der Waals surface area contributed by atoms with Gasteiger partial charge in [0.1, 0.15) is 17.2 Å². The molecule has 0 radical (unpaired) electrons. The van der Waals surface area contributed by atoms with Crippen molar-refractivity contribution < 1.29 is 27.4 Å². The standard InChI is InChI=1S/C19H15F3N2O3S/c1-25-16-11-17(24-18(23-16)28-2)27-14-8-6-13(7-9-14)26-15-5-3-4-12(10-15)19(20,21)22/h3-11H,1-2H3. The number of alkyl halides is 3. The monoisotopic (exact) mass is 408 g/mol. The maximum atomic E-state index is 12.8. The fourth-order valence-corrected chi connectivity index (χ4v) is 2.56. The number of rotatable bonds is 6. The largest absolute Gasteiger partial charge is 0.481 e. The SMILES string of the molecule is COc1cc(Oc2ccc(Oc3cccc(C(F)(F)F)c3)cc2)nc(SC)n1. The quantitative estimate of drug-likeness (QED) is 0.379. The zero-order chi connectivity index (χ0) is 20.1. The third kappa shape index (κ3) is 5.07. The molecule has 3 rings (SSSR count). The molecular weight excluding hydrogens is 393 g/mol. The van der Waals surface area contributed by atoms with Crippen molar-refractivity contribution in [2.24, 2.45) is 0 Å². The Labute approximate surface area is 163 Å². The van der Waals surface area contributed by atoms with Gasteiger partial charge in [0.2, 0.25) is 11.8 Å². The van der Waals surface area contributed by atoms with Crippen LogP contribution < -0.4 is 14.2 Å². The molecule has 0 spiro atoms. The van der Waals surface area contributed by atoms with E-state index in [1.807, 2.05) is 6.26 Å². The summed E-state index contributed by atoms with van der Waals surface area (Å²) in [6.45, 7) is 0. The second-order valence-corrected chi connectivity index (χ2v) is 6.21. The summed E-state index contributed by atoms with van der Waals surface area (Å²) in [5.74, 6) is 1.62. The summed E-state index contributed by atoms with van der Waals surface area (Å²) in [7, 11) is 1.50. The van der Waals surface area contributed by atoms with Crippen molar-refractivity contribution in [2.45, 2.75) is 11.3 Å². The predicted octanol–water partition coefficient (Wildman–Crippen LogP) is 5.81. The lowest BCUT2D eigenvalue weighted by atomic mass is 10.2. The maximum Gasteiger partial charge on any atom is 0.416 e. The highest BCUT2D eigenvalue weighted by molar-refractivity contribution is 7.98. The minimum Gasteiger partial charge on any atom is -0.481 e. The molecule has 0 aliphatic heterocycles. The first-order valence-electron chi connectivity index (χ1n) is 7.97. The van der Waals surface area contributed by atoms with Gasteiger partial charge in [-0.1, -0.05) is 17.8 Å². The Morgan fingerprint density at radius 3 is 2.07 bits per heavy atom. The Kier molecular flexibility index (Phi) is 5.93. The van der Waals surface area contributed by atoms with Crippen molar-refractivity contribution in [2.75, 3.05) is 13.4 Å². The maximum absolute atomic E-state index is 12.8. The summed E-state index contributed by atoms with van der Waals surface area (Å²) in [4.78, 5) is 8.38. The molecule has 0 fully saturated rings. The predicted molar refractivity (Wildman–Crippen MR) is 98.4 cm³/mol. The minimum absolute atomic E-state index is 0.0913. The molecule has 5 nitrogen and oxygen atoms in total. The van der Waals surface area contributed by atoms with Crippen LogP contribution in [0.3, 0.4) is 0 Å². The fourth-order valence-electron chi connectivity index (χ4n) is 2.20. The van der Waals surface area contributed by atoms with E-state index in [0.717, 1.165) is 12.1 Å². The van der Waals surface area contributed by atoms with Gasteiger partial charge in [0.05, 0.1) is 18.7 Å². The lowest BCUT2D eigenvalue weighted by Gasteiger charge is -2.11. The molecule has 0 unspecified atom stereocenters. The summed E-state index contributed by atoms with van der Waals surface area (Å²) >= 11 is 1.35. The van der Waals surface area contributed by atoms with Crippen LogP contribution in [-0.2, 0) is 6.18 Å². The molecule has 0 saturated heterocycles. The molecule has 0 N–H and O–H groups in total. The van der Waals surface area contributed by atoms with E-state index in [9.17, 15) is 13.2 Å². The van der Waals surface area contributed by atoms with Crippen LogP contribution in [0.4, 0.5) is 13.2 Å². The van der Waals surface area contributed by atoms with Gasteiger partial charge < -0.3 is 14.2 Å². The number of hydrogen-bond donors (Lipinski definition) is 0. The van der Waals surface area contributed by atoms with Crippen molar-refractivity contribution in [1.82, 2.24) is 9.97 Å². The van der Waals surface area contributed by atoms with Crippen LogP contribution in [0.25, 0.3) is 0 Å². The van der Waals surface area contributed by atoms with Gasteiger partial charge in [0.25, 0.3) is 0 Å². The molecule has 146 valence electrons.